The number of ether oxygens (including phenoxy) is 1. The third-order valence-electron chi connectivity index (χ3n) is 6.28. The number of methoxy groups -OCH3 is 1. The van der Waals surface area contributed by atoms with Crippen LogP contribution in [0, 0.1) is 0 Å². The van der Waals surface area contributed by atoms with Crippen molar-refractivity contribution in [2.45, 2.75) is 51.7 Å². The Hall–Kier alpha value is -2.60. The lowest BCUT2D eigenvalue weighted by Crippen LogP contribution is -2.38. The summed E-state index contributed by atoms with van der Waals surface area (Å²) in [5.74, 6) is 0.360. The normalized spacial score (nSPS) is 17.3. The van der Waals surface area contributed by atoms with E-state index in [1.165, 1.54) is 43.9 Å². The van der Waals surface area contributed by atoms with E-state index in [4.69, 9.17) is 4.74 Å². The summed E-state index contributed by atoms with van der Waals surface area (Å²) >= 11 is 0. The number of pyridine rings is 1. The van der Waals surface area contributed by atoms with E-state index >= 15 is 0 Å². The van der Waals surface area contributed by atoms with Crippen molar-refractivity contribution in [3.63, 3.8) is 0 Å². The lowest BCUT2D eigenvalue weighted by molar-refractivity contribution is -0.132. The summed E-state index contributed by atoms with van der Waals surface area (Å²) in [6.07, 6.45) is 7.49. The molecule has 1 fully saturated rings. The number of amides is 1. The highest BCUT2D eigenvalue weighted by Crippen LogP contribution is 2.20. The molecule has 0 unspecified atom stereocenters. The second kappa shape index (κ2) is 9.47. The van der Waals surface area contributed by atoms with Crippen molar-refractivity contribution in [3.05, 3.63) is 63.6 Å². The van der Waals surface area contributed by atoms with Gasteiger partial charge in [0.05, 0.1) is 13.3 Å². The van der Waals surface area contributed by atoms with Gasteiger partial charge in [0.15, 0.2) is 5.75 Å². The first-order valence-corrected chi connectivity index (χ1v) is 11.0. The molecular weight excluding hydrogens is 378 g/mol. The van der Waals surface area contributed by atoms with Crippen LogP contribution < -0.4 is 10.2 Å². The fraction of sp³-hybridized carbons (Fsp3) is 0.500. The number of fused-ring (bicyclic) bond motifs is 1. The Morgan fingerprint density at radius 1 is 1.03 bits per heavy atom. The Bertz CT molecular complexity index is 945. The topological polar surface area (TPSA) is 54.8 Å². The molecule has 0 radical (unpaired) electrons. The molecule has 0 aliphatic carbocycles. The number of aromatic nitrogens is 1. The predicted octanol–water partition coefficient (Wildman–Crippen LogP) is 2.82. The van der Waals surface area contributed by atoms with Crippen molar-refractivity contribution in [2.75, 3.05) is 26.7 Å². The van der Waals surface area contributed by atoms with Crippen LogP contribution in [0.1, 0.15) is 42.5 Å². The molecule has 0 spiro atoms. The molecule has 6 nitrogen and oxygen atoms in total. The van der Waals surface area contributed by atoms with Crippen molar-refractivity contribution in [3.8, 4) is 5.75 Å². The standard InChI is InChI=1S/C24H31N3O3/c1-30-23-17-27(21(14-22(23)28)16-25-11-6-2-3-7-12-25)18-24(29)26-13-10-19-8-4-5-9-20(19)15-26/h4-5,8-9,14,17H,2-3,6-7,10-13,15-16,18H2,1H3. The zero-order chi connectivity index (χ0) is 20.9. The van der Waals surface area contributed by atoms with Gasteiger partial charge >= 0.3 is 0 Å². The molecule has 6 heteroatoms. The van der Waals surface area contributed by atoms with E-state index in [9.17, 15) is 9.59 Å². The maximum Gasteiger partial charge on any atom is 0.242 e. The molecule has 160 valence electrons. The Labute approximate surface area is 178 Å². The van der Waals surface area contributed by atoms with Crippen LogP contribution >= 0.6 is 0 Å². The molecule has 0 bridgehead atoms. The lowest BCUT2D eigenvalue weighted by Gasteiger charge is -2.30. The van der Waals surface area contributed by atoms with Crippen molar-refractivity contribution < 1.29 is 9.53 Å². The molecule has 1 aromatic carbocycles. The highest BCUT2D eigenvalue weighted by molar-refractivity contribution is 5.76. The minimum absolute atomic E-state index is 0.0762. The third kappa shape index (κ3) is 4.75. The monoisotopic (exact) mass is 409 g/mol. The van der Waals surface area contributed by atoms with Gasteiger partial charge in [0.1, 0.15) is 6.54 Å². The average molecular weight is 410 g/mol. The van der Waals surface area contributed by atoms with E-state index in [0.717, 1.165) is 31.7 Å². The first-order chi connectivity index (χ1) is 14.6. The number of likely N-dealkylation sites (tertiary alicyclic amines) is 1. The Morgan fingerprint density at radius 2 is 1.77 bits per heavy atom. The van der Waals surface area contributed by atoms with Crippen LogP contribution in [0.5, 0.6) is 5.75 Å². The number of nitrogens with zero attached hydrogens (tertiary/aromatic N) is 3. The zero-order valence-corrected chi connectivity index (χ0v) is 17.8. The summed E-state index contributed by atoms with van der Waals surface area (Å²) in [5, 5.41) is 0. The second-order valence-corrected chi connectivity index (χ2v) is 8.35. The largest absolute Gasteiger partial charge is 0.491 e. The average Bonchev–Trinajstić information content (AvgIpc) is 3.03. The highest BCUT2D eigenvalue weighted by Gasteiger charge is 2.22. The molecule has 0 saturated carbocycles. The highest BCUT2D eigenvalue weighted by atomic mass is 16.5. The lowest BCUT2D eigenvalue weighted by atomic mass is 10.00. The van der Waals surface area contributed by atoms with Crippen molar-refractivity contribution in [1.29, 1.82) is 0 Å². The SMILES string of the molecule is COc1cn(CC(=O)N2CCc3ccccc3C2)c(CN2CCCCCC2)cc1=O. The third-order valence-corrected chi connectivity index (χ3v) is 6.28. The molecule has 2 aliphatic rings. The van der Waals surface area contributed by atoms with E-state index in [1.54, 1.807) is 12.3 Å². The van der Waals surface area contributed by atoms with Gasteiger partial charge in [0, 0.05) is 31.4 Å². The van der Waals surface area contributed by atoms with Crippen LogP contribution in [0.25, 0.3) is 0 Å². The number of rotatable bonds is 5. The van der Waals surface area contributed by atoms with E-state index in [0.29, 0.717) is 13.1 Å². The van der Waals surface area contributed by atoms with Gasteiger partial charge in [0.2, 0.25) is 11.3 Å². The maximum absolute atomic E-state index is 13.1. The van der Waals surface area contributed by atoms with E-state index < -0.39 is 0 Å². The molecule has 4 rings (SSSR count). The molecule has 2 aromatic rings. The van der Waals surface area contributed by atoms with Gasteiger partial charge in [-0.3, -0.25) is 14.5 Å². The number of hydrogen-bond donors (Lipinski definition) is 0. The molecule has 0 atom stereocenters. The maximum atomic E-state index is 13.1. The van der Waals surface area contributed by atoms with Crippen LogP contribution in [0.2, 0.25) is 0 Å². The molecule has 3 heterocycles. The van der Waals surface area contributed by atoms with Gasteiger partial charge in [-0.2, -0.15) is 0 Å². The quantitative estimate of drug-likeness (QED) is 0.762. The number of hydrogen-bond acceptors (Lipinski definition) is 4. The summed E-state index contributed by atoms with van der Waals surface area (Å²) < 4.78 is 7.16. The van der Waals surface area contributed by atoms with E-state index in [-0.39, 0.29) is 23.6 Å². The number of benzene rings is 1. The molecular formula is C24H31N3O3. The summed E-state index contributed by atoms with van der Waals surface area (Å²) in [7, 11) is 1.50. The molecule has 1 saturated heterocycles. The van der Waals surface area contributed by atoms with Gasteiger partial charge in [-0.05, 0) is 43.5 Å². The summed E-state index contributed by atoms with van der Waals surface area (Å²) in [4.78, 5) is 29.9. The number of carbonyl (C=O) groups is 1. The van der Waals surface area contributed by atoms with Crippen LogP contribution in [0.4, 0.5) is 0 Å². The molecule has 1 amide bonds. The fourth-order valence-corrected chi connectivity index (χ4v) is 4.51. The van der Waals surface area contributed by atoms with Crippen LogP contribution in [-0.4, -0.2) is 47.0 Å². The van der Waals surface area contributed by atoms with Crippen molar-refractivity contribution in [1.82, 2.24) is 14.4 Å². The summed E-state index contributed by atoms with van der Waals surface area (Å²) in [6.45, 7) is 4.37. The van der Waals surface area contributed by atoms with Crippen LogP contribution in [0.3, 0.4) is 0 Å². The van der Waals surface area contributed by atoms with Crippen molar-refractivity contribution >= 4 is 5.91 Å². The number of carbonyl (C=O) groups excluding carboxylic acids is 1. The zero-order valence-electron chi connectivity index (χ0n) is 17.8. The molecule has 30 heavy (non-hydrogen) atoms. The van der Waals surface area contributed by atoms with Gasteiger partial charge < -0.3 is 14.2 Å². The van der Waals surface area contributed by atoms with Crippen LogP contribution in [0.15, 0.2) is 41.3 Å². The van der Waals surface area contributed by atoms with E-state index in [2.05, 4.69) is 23.1 Å². The van der Waals surface area contributed by atoms with Gasteiger partial charge in [-0.15, -0.1) is 0 Å². The first kappa shape index (κ1) is 20.7. The fourth-order valence-electron chi connectivity index (χ4n) is 4.51. The van der Waals surface area contributed by atoms with Gasteiger partial charge in [-0.1, -0.05) is 37.1 Å². The predicted molar refractivity (Wildman–Crippen MR) is 117 cm³/mol. The van der Waals surface area contributed by atoms with E-state index in [1.807, 2.05) is 15.5 Å². The van der Waals surface area contributed by atoms with Gasteiger partial charge in [-0.25, -0.2) is 0 Å². The Balaban J connectivity index is 1.53. The molecule has 1 aromatic heterocycles. The smallest absolute Gasteiger partial charge is 0.242 e. The van der Waals surface area contributed by atoms with Crippen molar-refractivity contribution in [2.24, 2.45) is 0 Å². The Kier molecular flexibility index (Phi) is 6.53. The minimum atomic E-state index is -0.127. The van der Waals surface area contributed by atoms with Crippen LogP contribution in [-0.2, 0) is 30.8 Å². The second-order valence-electron chi connectivity index (χ2n) is 8.35. The minimum Gasteiger partial charge on any atom is -0.491 e. The molecule has 0 N–H and O–H groups in total. The summed E-state index contributed by atoms with van der Waals surface area (Å²) in [6, 6.07) is 9.96. The van der Waals surface area contributed by atoms with Gasteiger partial charge in [0.25, 0.3) is 0 Å². The molecule has 2 aliphatic heterocycles. The Morgan fingerprint density at radius 3 is 2.50 bits per heavy atom. The first-order valence-electron chi connectivity index (χ1n) is 11.0. The summed E-state index contributed by atoms with van der Waals surface area (Å²) in [5.41, 5.74) is 3.30.